The molecule has 2 aromatic rings. The fraction of sp³-hybridized carbons (Fsp3) is 0.364. The van der Waals surface area contributed by atoms with Crippen LogP contribution >= 0.6 is 11.8 Å². The number of nitrogens with zero attached hydrogens (tertiary/aromatic N) is 1. The van der Waals surface area contributed by atoms with Gasteiger partial charge in [0.2, 0.25) is 11.8 Å². The molecule has 0 aromatic heterocycles. The van der Waals surface area contributed by atoms with Crippen molar-refractivity contribution in [3.05, 3.63) is 59.2 Å². The van der Waals surface area contributed by atoms with Crippen LogP contribution < -0.4 is 10.2 Å². The van der Waals surface area contributed by atoms with Crippen molar-refractivity contribution in [3.63, 3.8) is 0 Å². The Morgan fingerprint density at radius 2 is 1.81 bits per heavy atom. The van der Waals surface area contributed by atoms with Crippen LogP contribution in [0, 0.1) is 19.8 Å². The number of rotatable bonds is 4. The molecule has 1 aliphatic heterocycles. The van der Waals surface area contributed by atoms with Crippen LogP contribution in [0.3, 0.4) is 0 Å². The van der Waals surface area contributed by atoms with Crippen LogP contribution in [0.2, 0.25) is 0 Å². The number of benzene rings is 2. The van der Waals surface area contributed by atoms with E-state index in [-0.39, 0.29) is 23.1 Å². The maximum absolute atomic E-state index is 12.5. The smallest absolute Gasteiger partial charge is 0.238 e. The van der Waals surface area contributed by atoms with Gasteiger partial charge < -0.3 is 5.32 Å². The molecule has 1 N–H and O–H groups in total. The molecule has 2 aliphatic rings. The topological polar surface area (TPSA) is 49.4 Å². The Kier molecular flexibility index (Phi) is 4.96. The zero-order valence-electron chi connectivity index (χ0n) is 15.7. The highest BCUT2D eigenvalue weighted by Gasteiger charge is 2.34. The average molecular weight is 381 g/mol. The van der Waals surface area contributed by atoms with E-state index in [2.05, 4.69) is 31.3 Å². The first kappa shape index (κ1) is 18.1. The highest BCUT2D eigenvalue weighted by atomic mass is 32.2. The molecule has 1 aliphatic carbocycles. The monoisotopic (exact) mass is 380 g/mol. The van der Waals surface area contributed by atoms with Gasteiger partial charge >= 0.3 is 0 Å². The number of anilines is 2. The lowest BCUT2D eigenvalue weighted by atomic mass is 9.85. The molecule has 27 heavy (non-hydrogen) atoms. The Morgan fingerprint density at radius 1 is 1.07 bits per heavy atom. The van der Waals surface area contributed by atoms with Gasteiger partial charge in [0.25, 0.3) is 0 Å². The molecular formula is C22H24N2O2S. The van der Waals surface area contributed by atoms with E-state index in [1.165, 1.54) is 11.1 Å². The van der Waals surface area contributed by atoms with E-state index < -0.39 is 0 Å². The van der Waals surface area contributed by atoms with E-state index in [0.29, 0.717) is 5.75 Å². The first-order valence-corrected chi connectivity index (χ1v) is 10.5. The summed E-state index contributed by atoms with van der Waals surface area (Å²) in [5, 5.41) is 2.97. The number of aryl methyl sites for hydroxylation is 2. The molecule has 4 rings (SSSR count). The highest BCUT2D eigenvalue weighted by Crippen LogP contribution is 2.42. The first-order chi connectivity index (χ1) is 13.0. The predicted molar refractivity (Wildman–Crippen MR) is 111 cm³/mol. The molecule has 2 amide bonds. The Morgan fingerprint density at radius 3 is 2.44 bits per heavy atom. The van der Waals surface area contributed by atoms with E-state index in [4.69, 9.17) is 0 Å². The van der Waals surface area contributed by atoms with Crippen molar-refractivity contribution in [2.24, 2.45) is 5.92 Å². The van der Waals surface area contributed by atoms with Gasteiger partial charge in [0.15, 0.2) is 0 Å². The maximum atomic E-state index is 12.5. The van der Waals surface area contributed by atoms with Gasteiger partial charge in [0.05, 0.1) is 5.75 Å². The Labute approximate surface area is 164 Å². The number of hydrogen-bond acceptors (Lipinski definition) is 3. The number of carbonyl (C=O) groups excluding carboxylic acids is 2. The quantitative estimate of drug-likeness (QED) is 0.827. The summed E-state index contributed by atoms with van der Waals surface area (Å²) in [6.45, 7) is 4.15. The molecule has 5 heteroatoms. The van der Waals surface area contributed by atoms with Gasteiger partial charge in [-0.25, -0.2) is 0 Å². The lowest BCUT2D eigenvalue weighted by molar-refractivity contribution is -0.122. The molecular weight excluding hydrogens is 356 g/mol. The van der Waals surface area contributed by atoms with Crippen LogP contribution in [-0.2, 0) is 9.59 Å². The Balaban J connectivity index is 1.53. The third-order valence-electron chi connectivity index (χ3n) is 5.58. The van der Waals surface area contributed by atoms with Gasteiger partial charge in [-0.05, 0) is 67.6 Å². The zero-order chi connectivity index (χ0) is 19.0. The summed E-state index contributed by atoms with van der Waals surface area (Å²) in [4.78, 5) is 26.5. The Hall–Kier alpha value is -2.27. The minimum absolute atomic E-state index is 0.0315. The first-order valence-electron chi connectivity index (χ1n) is 9.44. The van der Waals surface area contributed by atoms with Gasteiger partial charge in [-0.1, -0.05) is 24.6 Å². The summed E-state index contributed by atoms with van der Waals surface area (Å²) in [5.41, 5.74) is 5.25. The third kappa shape index (κ3) is 3.61. The van der Waals surface area contributed by atoms with Crippen molar-refractivity contribution in [1.82, 2.24) is 0 Å². The number of thioether (sulfide) groups is 1. The van der Waals surface area contributed by atoms with Gasteiger partial charge in [-0.15, -0.1) is 11.8 Å². The van der Waals surface area contributed by atoms with Crippen molar-refractivity contribution in [3.8, 4) is 0 Å². The molecule has 2 fully saturated rings. The van der Waals surface area contributed by atoms with Crippen LogP contribution in [0.4, 0.5) is 11.4 Å². The number of nitrogens with one attached hydrogen (secondary N) is 1. The van der Waals surface area contributed by atoms with Crippen LogP contribution in [0.25, 0.3) is 0 Å². The second-order valence-corrected chi connectivity index (χ2v) is 8.50. The molecule has 140 valence electrons. The predicted octanol–water partition coefficient (Wildman–Crippen LogP) is 4.82. The molecule has 0 spiro atoms. The van der Waals surface area contributed by atoms with Gasteiger partial charge in [-0.3, -0.25) is 14.5 Å². The van der Waals surface area contributed by atoms with Crippen LogP contribution in [0.5, 0.6) is 0 Å². The fourth-order valence-electron chi connectivity index (χ4n) is 3.47. The van der Waals surface area contributed by atoms with Crippen LogP contribution in [0.15, 0.2) is 42.5 Å². The Bertz CT molecular complexity index is 874. The van der Waals surface area contributed by atoms with Crippen molar-refractivity contribution in [1.29, 1.82) is 0 Å². The van der Waals surface area contributed by atoms with Crippen molar-refractivity contribution < 1.29 is 9.59 Å². The maximum Gasteiger partial charge on any atom is 0.238 e. The minimum atomic E-state index is -0.0315. The number of hydrogen-bond donors (Lipinski definition) is 1. The zero-order valence-corrected chi connectivity index (χ0v) is 16.5. The fourth-order valence-corrected chi connectivity index (χ4v) is 4.65. The van der Waals surface area contributed by atoms with E-state index in [9.17, 15) is 9.59 Å². The van der Waals surface area contributed by atoms with E-state index in [1.54, 1.807) is 11.8 Å². The second kappa shape index (κ2) is 7.39. The SMILES string of the molecule is Cc1ccc(N2C(=O)CS[C@@H]2c2ccc(NC(=O)C3CCC3)cc2)cc1C. The largest absolute Gasteiger partial charge is 0.326 e. The molecule has 4 nitrogen and oxygen atoms in total. The van der Waals surface area contributed by atoms with Crippen molar-refractivity contribution >= 4 is 35.0 Å². The number of amides is 2. The van der Waals surface area contributed by atoms with Gasteiger partial charge in [-0.2, -0.15) is 0 Å². The summed E-state index contributed by atoms with van der Waals surface area (Å²) in [6, 6.07) is 14.1. The van der Waals surface area contributed by atoms with Gasteiger partial charge in [0.1, 0.15) is 5.37 Å². The summed E-state index contributed by atoms with van der Waals surface area (Å²) in [5.74, 6) is 0.914. The average Bonchev–Trinajstić information content (AvgIpc) is 2.98. The molecule has 0 radical (unpaired) electrons. The third-order valence-corrected chi connectivity index (χ3v) is 6.79. The molecule has 1 heterocycles. The second-order valence-electron chi connectivity index (χ2n) is 7.43. The van der Waals surface area contributed by atoms with Crippen LogP contribution in [-0.4, -0.2) is 17.6 Å². The molecule has 0 unspecified atom stereocenters. The normalized spacial score (nSPS) is 19.9. The van der Waals surface area contributed by atoms with E-state index >= 15 is 0 Å². The molecule has 1 saturated carbocycles. The van der Waals surface area contributed by atoms with Gasteiger partial charge in [0, 0.05) is 17.3 Å². The molecule has 0 bridgehead atoms. The van der Waals surface area contributed by atoms with Crippen LogP contribution in [0.1, 0.15) is 41.3 Å². The summed E-state index contributed by atoms with van der Waals surface area (Å²) >= 11 is 1.64. The lowest BCUT2D eigenvalue weighted by Crippen LogP contribution is -2.28. The molecule has 1 saturated heterocycles. The lowest BCUT2D eigenvalue weighted by Gasteiger charge is -2.26. The minimum Gasteiger partial charge on any atom is -0.326 e. The standard InChI is InChI=1S/C22H24N2O2S/c1-14-6-11-19(12-15(14)2)24-20(25)13-27-22(24)17-7-9-18(10-8-17)23-21(26)16-4-3-5-16/h6-12,16,22H,3-5,13H2,1-2H3,(H,23,26)/t22-/m1/s1. The van der Waals surface area contributed by atoms with Crippen molar-refractivity contribution in [2.45, 2.75) is 38.5 Å². The summed E-state index contributed by atoms with van der Waals surface area (Å²) < 4.78 is 0. The summed E-state index contributed by atoms with van der Waals surface area (Å²) in [6.07, 6.45) is 3.14. The number of carbonyl (C=O) groups is 2. The van der Waals surface area contributed by atoms with E-state index in [1.807, 2.05) is 35.2 Å². The molecule has 1 atom stereocenters. The van der Waals surface area contributed by atoms with E-state index in [0.717, 1.165) is 36.2 Å². The highest BCUT2D eigenvalue weighted by molar-refractivity contribution is 8.00. The van der Waals surface area contributed by atoms with Crippen molar-refractivity contribution in [2.75, 3.05) is 16.0 Å². The molecule has 2 aromatic carbocycles. The summed E-state index contributed by atoms with van der Waals surface area (Å²) in [7, 11) is 0.